The van der Waals surface area contributed by atoms with Gasteiger partial charge in [-0.1, -0.05) is 0 Å². The summed E-state index contributed by atoms with van der Waals surface area (Å²) in [5.41, 5.74) is -0.468. The summed E-state index contributed by atoms with van der Waals surface area (Å²) in [7, 11) is 1.92. The normalized spacial score (nSPS) is 17.8. The van der Waals surface area contributed by atoms with E-state index in [0.717, 1.165) is 50.8 Å². The van der Waals surface area contributed by atoms with Gasteiger partial charge in [0, 0.05) is 39.3 Å². The first-order valence-electron chi connectivity index (χ1n) is 11.1. The van der Waals surface area contributed by atoms with Crippen LogP contribution < -0.4 is 5.32 Å². The zero-order valence-electron chi connectivity index (χ0n) is 19.5. The van der Waals surface area contributed by atoms with E-state index in [1.54, 1.807) is 6.33 Å². The van der Waals surface area contributed by atoms with Crippen molar-refractivity contribution in [2.24, 2.45) is 18.0 Å². The van der Waals surface area contributed by atoms with Gasteiger partial charge >= 0.3 is 6.09 Å². The van der Waals surface area contributed by atoms with Gasteiger partial charge in [-0.3, -0.25) is 0 Å². The highest BCUT2D eigenvalue weighted by molar-refractivity contribution is 14.0. The molecule has 2 aliphatic rings. The number of guanidine groups is 1. The summed E-state index contributed by atoms with van der Waals surface area (Å²) in [6, 6.07) is 0.221. The van der Waals surface area contributed by atoms with Gasteiger partial charge in [-0.05, 0) is 59.3 Å². The molecule has 1 N–H and O–H groups in total. The number of nitrogens with zero attached hydrogens (tertiary/aromatic N) is 6. The molecular formula is C21H38IN7O2. The number of likely N-dealkylation sites (tertiary alicyclic amines) is 1. The maximum atomic E-state index is 12.8. The van der Waals surface area contributed by atoms with Crippen LogP contribution in [0.2, 0.25) is 0 Å². The first-order valence-corrected chi connectivity index (χ1v) is 11.1. The number of carbonyl (C=O) groups is 1. The van der Waals surface area contributed by atoms with Crippen LogP contribution in [0.15, 0.2) is 11.3 Å². The van der Waals surface area contributed by atoms with Crippen molar-refractivity contribution in [3.05, 3.63) is 12.2 Å². The largest absolute Gasteiger partial charge is 0.444 e. The first kappa shape index (κ1) is 25.7. The molecule has 31 heavy (non-hydrogen) atoms. The summed E-state index contributed by atoms with van der Waals surface area (Å²) >= 11 is 0. The molecule has 0 atom stereocenters. The molecule has 2 fully saturated rings. The number of aryl methyl sites for hydroxylation is 1. The number of carbonyl (C=O) groups excluding carboxylic acids is 1. The standard InChI is InChI=1S/C21H37N7O2.HI/c1-6-22-19(23-13-18-25-24-15-26(18)5)27-11-9-17(10-12-27)28(14-16-7-8-16)20(29)30-21(2,3)4;/h15-17H,6-14H2,1-5H3,(H,22,23);1H. The first-order chi connectivity index (χ1) is 14.3. The fourth-order valence-electron chi connectivity index (χ4n) is 3.68. The number of aliphatic imine (C=N–C) groups is 1. The van der Waals surface area contributed by atoms with Crippen molar-refractivity contribution in [1.82, 2.24) is 29.9 Å². The SMILES string of the molecule is CCNC(=NCc1nncn1C)N1CCC(N(CC2CC2)C(=O)OC(C)(C)C)CC1.I. The molecule has 1 aliphatic carbocycles. The van der Waals surface area contributed by atoms with Crippen molar-refractivity contribution >= 4 is 36.0 Å². The van der Waals surface area contributed by atoms with Crippen molar-refractivity contribution in [1.29, 1.82) is 0 Å². The van der Waals surface area contributed by atoms with Crippen LogP contribution in [0.4, 0.5) is 4.79 Å². The number of ether oxygens (including phenoxy) is 1. The van der Waals surface area contributed by atoms with Crippen molar-refractivity contribution in [3.63, 3.8) is 0 Å². The predicted octanol–water partition coefficient (Wildman–Crippen LogP) is 3.01. The Hall–Kier alpha value is -1.59. The van der Waals surface area contributed by atoms with Crippen molar-refractivity contribution in [2.75, 3.05) is 26.2 Å². The van der Waals surface area contributed by atoms with Crippen molar-refractivity contribution < 1.29 is 9.53 Å². The maximum absolute atomic E-state index is 12.8. The number of hydrogen-bond acceptors (Lipinski definition) is 5. The van der Waals surface area contributed by atoms with Crippen LogP contribution in [-0.4, -0.2) is 74.4 Å². The number of halogens is 1. The molecule has 1 saturated carbocycles. The lowest BCUT2D eigenvalue weighted by Gasteiger charge is -2.40. The van der Waals surface area contributed by atoms with E-state index >= 15 is 0 Å². The van der Waals surface area contributed by atoms with E-state index in [1.165, 1.54) is 12.8 Å². The molecule has 0 radical (unpaired) electrons. The molecule has 9 nitrogen and oxygen atoms in total. The maximum Gasteiger partial charge on any atom is 0.410 e. The van der Waals surface area contributed by atoms with E-state index in [1.807, 2.05) is 37.3 Å². The quantitative estimate of drug-likeness (QED) is 0.335. The van der Waals surface area contributed by atoms with Gasteiger partial charge in [-0.2, -0.15) is 0 Å². The molecule has 1 aromatic heterocycles. The van der Waals surface area contributed by atoms with E-state index in [2.05, 4.69) is 27.3 Å². The average Bonchev–Trinajstić information content (AvgIpc) is 3.42. The molecule has 176 valence electrons. The van der Waals surface area contributed by atoms with Gasteiger partial charge < -0.3 is 24.4 Å². The van der Waals surface area contributed by atoms with Crippen LogP contribution >= 0.6 is 24.0 Å². The topological polar surface area (TPSA) is 87.9 Å². The number of piperidine rings is 1. The molecule has 0 unspecified atom stereocenters. The lowest BCUT2D eigenvalue weighted by Crippen LogP contribution is -2.52. The third-order valence-electron chi connectivity index (χ3n) is 5.49. The Kier molecular flexibility index (Phi) is 9.38. The van der Waals surface area contributed by atoms with E-state index in [-0.39, 0.29) is 36.1 Å². The summed E-state index contributed by atoms with van der Waals surface area (Å²) in [6.07, 6.45) is 5.79. The molecular weight excluding hydrogens is 509 g/mol. The van der Waals surface area contributed by atoms with E-state index < -0.39 is 5.60 Å². The summed E-state index contributed by atoms with van der Waals surface area (Å²) < 4.78 is 7.59. The van der Waals surface area contributed by atoms with Gasteiger partial charge in [0.25, 0.3) is 0 Å². The lowest BCUT2D eigenvalue weighted by molar-refractivity contribution is 0.00928. The molecule has 0 aromatic carbocycles. The van der Waals surface area contributed by atoms with E-state index in [9.17, 15) is 4.79 Å². The number of rotatable bonds is 6. The summed E-state index contributed by atoms with van der Waals surface area (Å²) in [5, 5.41) is 11.4. The van der Waals surface area contributed by atoms with Gasteiger partial charge in [-0.25, -0.2) is 9.79 Å². The van der Waals surface area contributed by atoms with Gasteiger partial charge in [0.1, 0.15) is 18.5 Å². The minimum Gasteiger partial charge on any atom is -0.444 e. The fraction of sp³-hybridized carbons (Fsp3) is 0.810. The average molecular weight is 547 g/mol. The van der Waals surface area contributed by atoms with Crippen LogP contribution in [0.5, 0.6) is 0 Å². The smallest absolute Gasteiger partial charge is 0.410 e. The van der Waals surface area contributed by atoms with Crippen molar-refractivity contribution in [3.8, 4) is 0 Å². The van der Waals surface area contributed by atoms with Gasteiger partial charge in [0.05, 0.1) is 0 Å². The monoisotopic (exact) mass is 547 g/mol. The molecule has 3 rings (SSSR count). The van der Waals surface area contributed by atoms with Gasteiger partial charge in [-0.15, -0.1) is 34.2 Å². The Bertz CT molecular complexity index is 734. The third-order valence-corrected chi connectivity index (χ3v) is 5.49. The van der Waals surface area contributed by atoms with E-state index in [4.69, 9.17) is 9.73 Å². The Morgan fingerprint density at radius 1 is 1.29 bits per heavy atom. The Morgan fingerprint density at radius 2 is 1.97 bits per heavy atom. The Balaban J connectivity index is 0.00000341. The number of hydrogen-bond donors (Lipinski definition) is 1. The molecule has 0 bridgehead atoms. The number of aromatic nitrogens is 3. The second-order valence-corrected chi connectivity index (χ2v) is 9.32. The molecule has 1 aliphatic heterocycles. The molecule has 1 aromatic rings. The highest BCUT2D eigenvalue weighted by Crippen LogP contribution is 2.32. The number of amides is 1. The second kappa shape index (κ2) is 11.3. The summed E-state index contributed by atoms with van der Waals surface area (Å²) in [5.74, 6) is 2.37. The van der Waals surface area contributed by atoms with Crippen LogP contribution in [-0.2, 0) is 18.3 Å². The Labute approximate surface area is 203 Å². The second-order valence-electron chi connectivity index (χ2n) is 9.32. The van der Waals surface area contributed by atoms with Crippen LogP contribution in [0.25, 0.3) is 0 Å². The molecule has 2 heterocycles. The van der Waals surface area contributed by atoms with Crippen LogP contribution in [0.1, 0.15) is 59.2 Å². The minimum atomic E-state index is -0.468. The van der Waals surface area contributed by atoms with Gasteiger partial charge in [0.2, 0.25) is 0 Å². The molecule has 1 saturated heterocycles. The molecule has 10 heteroatoms. The molecule has 1 amide bonds. The fourth-order valence-corrected chi connectivity index (χ4v) is 3.68. The third kappa shape index (κ3) is 7.80. The molecule has 0 spiro atoms. The van der Waals surface area contributed by atoms with Crippen LogP contribution in [0.3, 0.4) is 0 Å². The highest BCUT2D eigenvalue weighted by atomic mass is 127. The van der Waals surface area contributed by atoms with Crippen molar-refractivity contribution in [2.45, 2.75) is 71.6 Å². The summed E-state index contributed by atoms with van der Waals surface area (Å²) in [6.45, 7) is 11.7. The zero-order valence-corrected chi connectivity index (χ0v) is 21.8. The zero-order chi connectivity index (χ0) is 21.7. The highest BCUT2D eigenvalue weighted by Gasteiger charge is 2.35. The van der Waals surface area contributed by atoms with E-state index in [0.29, 0.717) is 12.5 Å². The predicted molar refractivity (Wildman–Crippen MR) is 131 cm³/mol. The van der Waals surface area contributed by atoms with Crippen LogP contribution in [0, 0.1) is 5.92 Å². The summed E-state index contributed by atoms with van der Waals surface area (Å²) in [4.78, 5) is 21.9. The minimum absolute atomic E-state index is 0. The Morgan fingerprint density at radius 3 is 2.48 bits per heavy atom. The lowest BCUT2D eigenvalue weighted by atomic mass is 10.0. The van der Waals surface area contributed by atoms with Gasteiger partial charge in [0.15, 0.2) is 11.8 Å². The number of nitrogens with one attached hydrogen (secondary N) is 1.